The number of nitrogens with zero attached hydrogens (tertiary/aromatic N) is 3. The number of anilines is 2. The first-order valence-corrected chi connectivity index (χ1v) is 9.32. The number of hydrogen-bond acceptors (Lipinski definition) is 10. The number of benzene rings is 1. The van der Waals surface area contributed by atoms with Gasteiger partial charge in [-0.05, 0) is 42.4 Å². The Morgan fingerprint density at radius 1 is 1.38 bits per heavy atom. The molecule has 1 aromatic carbocycles. The van der Waals surface area contributed by atoms with Gasteiger partial charge in [-0.25, -0.2) is 31.0 Å². The minimum Gasteiger partial charge on any atom is -0.464 e. The van der Waals surface area contributed by atoms with Crippen molar-refractivity contribution in [3.05, 3.63) is 47.9 Å². The molecule has 0 atom stereocenters. The highest BCUT2D eigenvalue weighted by atomic mass is 32.2. The molecule has 1 aromatic heterocycles. The number of ether oxygens (including phenoxy) is 2. The minimum atomic E-state index is -0.659. The molecule has 29 heavy (non-hydrogen) atoms. The molecule has 2 aromatic rings. The van der Waals surface area contributed by atoms with Crippen LogP contribution in [-0.4, -0.2) is 29.1 Å². The van der Waals surface area contributed by atoms with Crippen LogP contribution in [0.2, 0.25) is 0 Å². The average molecular weight is 417 g/mol. The Kier molecular flexibility index (Phi) is 7.53. The molecule has 1 heterocycles. The first-order valence-electron chi connectivity index (χ1n) is 8.50. The SMILES string of the molecule is C=C(CC)OC(=N)N(N)c1cc(C(=O)OC)nc(Sc2ccc(NN)c(C)c2)n1. The van der Waals surface area contributed by atoms with Gasteiger partial charge in [-0.2, -0.15) is 0 Å². The molecular formula is C18H23N7O3S. The van der Waals surface area contributed by atoms with Gasteiger partial charge in [-0.1, -0.05) is 13.5 Å². The smallest absolute Gasteiger partial charge is 0.356 e. The van der Waals surface area contributed by atoms with Gasteiger partial charge in [-0.3, -0.25) is 5.84 Å². The second-order valence-corrected chi connectivity index (χ2v) is 6.82. The summed E-state index contributed by atoms with van der Waals surface area (Å²) in [5.74, 6) is 11.2. The monoisotopic (exact) mass is 417 g/mol. The predicted octanol–water partition coefficient (Wildman–Crippen LogP) is 2.56. The number of nitrogen functional groups attached to an aromatic ring is 1. The first-order chi connectivity index (χ1) is 13.8. The number of carbonyl (C=O) groups is 1. The van der Waals surface area contributed by atoms with E-state index >= 15 is 0 Å². The van der Waals surface area contributed by atoms with Crippen LogP contribution >= 0.6 is 11.8 Å². The zero-order valence-corrected chi connectivity index (χ0v) is 17.2. The molecule has 0 fully saturated rings. The van der Waals surface area contributed by atoms with E-state index in [1.807, 2.05) is 32.0 Å². The first kappa shape index (κ1) is 22.1. The van der Waals surface area contributed by atoms with Crippen molar-refractivity contribution in [3.8, 4) is 0 Å². The van der Waals surface area contributed by atoms with Crippen molar-refractivity contribution < 1.29 is 14.3 Å². The Morgan fingerprint density at radius 3 is 2.69 bits per heavy atom. The molecule has 0 aliphatic carbocycles. The van der Waals surface area contributed by atoms with Crippen LogP contribution in [0.25, 0.3) is 0 Å². The van der Waals surface area contributed by atoms with E-state index in [1.165, 1.54) is 24.9 Å². The van der Waals surface area contributed by atoms with Crippen molar-refractivity contribution >= 4 is 35.3 Å². The average Bonchev–Trinajstić information content (AvgIpc) is 2.72. The van der Waals surface area contributed by atoms with Crippen molar-refractivity contribution in [2.24, 2.45) is 11.7 Å². The van der Waals surface area contributed by atoms with E-state index in [4.69, 9.17) is 26.6 Å². The summed E-state index contributed by atoms with van der Waals surface area (Å²) in [5, 5.41) is 9.11. The highest BCUT2D eigenvalue weighted by Crippen LogP contribution is 2.29. The van der Waals surface area contributed by atoms with Gasteiger partial charge in [0.2, 0.25) is 0 Å². The summed E-state index contributed by atoms with van der Waals surface area (Å²) >= 11 is 1.22. The van der Waals surface area contributed by atoms with Gasteiger partial charge < -0.3 is 14.9 Å². The Morgan fingerprint density at radius 2 is 2.10 bits per heavy atom. The molecule has 0 aliphatic rings. The second kappa shape index (κ2) is 9.87. The molecule has 0 bridgehead atoms. The Labute approximate surface area is 172 Å². The maximum atomic E-state index is 12.0. The minimum absolute atomic E-state index is 0.00506. The molecule has 0 spiro atoms. The van der Waals surface area contributed by atoms with Crippen LogP contribution in [0.15, 0.2) is 46.7 Å². The maximum Gasteiger partial charge on any atom is 0.356 e. The summed E-state index contributed by atoms with van der Waals surface area (Å²) in [4.78, 5) is 21.4. The fourth-order valence-corrected chi connectivity index (χ4v) is 2.99. The van der Waals surface area contributed by atoms with Crippen molar-refractivity contribution in [2.75, 3.05) is 17.5 Å². The molecular weight excluding hydrogens is 394 g/mol. The van der Waals surface area contributed by atoms with Gasteiger partial charge in [0.05, 0.1) is 12.8 Å². The van der Waals surface area contributed by atoms with Crippen LogP contribution in [-0.2, 0) is 9.47 Å². The number of nitrogens with one attached hydrogen (secondary N) is 2. The largest absolute Gasteiger partial charge is 0.464 e. The molecule has 10 nitrogen and oxygen atoms in total. The van der Waals surface area contributed by atoms with Gasteiger partial charge in [0, 0.05) is 17.4 Å². The van der Waals surface area contributed by atoms with Crippen LogP contribution in [0, 0.1) is 12.3 Å². The zero-order chi connectivity index (χ0) is 21.6. The summed E-state index contributed by atoms with van der Waals surface area (Å²) in [7, 11) is 1.25. The van der Waals surface area contributed by atoms with Gasteiger partial charge >= 0.3 is 12.0 Å². The third-order valence-corrected chi connectivity index (χ3v) is 4.60. The highest BCUT2D eigenvalue weighted by molar-refractivity contribution is 7.99. The molecule has 2 rings (SSSR count). The maximum absolute atomic E-state index is 12.0. The van der Waals surface area contributed by atoms with E-state index in [0.29, 0.717) is 12.2 Å². The number of rotatable bonds is 7. The molecule has 0 unspecified atom stereocenters. The normalized spacial score (nSPS) is 10.2. The lowest BCUT2D eigenvalue weighted by atomic mass is 10.2. The number of aryl methyl sites for hydroxylation is 1. The number of hydrazine groups is 2. The van der Waals surface area contributed by atoms with Crippen LogP contribution in [0.5, 0.6) is 0 Å². The van der Waals surface area contributed by atoms with Crippen molar-refractivity contribution in [1.29, 1.82) is 5.41 Å². The van der Waals surface area contributed by atoms with Gasteiger partial charge in [0.15, 0.2) is 16.7 Å². The van der Waals surface area contributed by atoms with E-state index in [1.54, 1.807) is 0 Å². The van der Waals surface area contributed by atoms with E-state index in [9.17, 15) is 4.79 Å². The summed E-state index contributed by atoms with van der Waals surface area (Å²) < 4.78 is 9.98. The summed E-state index contributed by atoms with van der Waals surface area (Å²) in [6.45, 7) is 7.41. The summed E-state index contributed by atoms with van der Waals surface area (Å²) in [6, 6.07) is 6.46. The van der Waals surface area contributed by atoms with E-state index in [2.05, 4.69) is 22.0 Å². The van der Waals surface area contributed by atoms with Crippen LogP contribution < -0.4 is 22.1 Å². The topological polar surface area (TPSA) is 152 Å². The number of nitrogens with two attached hydrogens (primary N) is 2. The van der Waals surface area contributed by atoms with Crippen LogP contribution in [0.4, 0.5) is 11.5 Å². The quantitative estimate of drug-likeness (QED) is 0.101. The van der Waals surface area contributed by atoms with Gasteiger partial charge in [-0.15, -0.1) is 0 Å². The number of carbonyl (C=O) groups excluding carboxylic acids is 1. The van der Waals surface area contributed by atoms with E-state index in [-0.39, 0.29) is 16.7 Å². The molecule has 0 saturated heterocycles. The van der Waals surface area contributed by atoms with E-state index < -0.39 is 12.0 Å². The van der Waals surface area contributed by atoms with E-state index in [0.717, 1.165) is 21.2 Å². The third-order valence-electron chi connectivity index (χ3n) is 3.75. The number of hydrogen-bond donors (Lipinski definition) is 4. The van der Waals surface area contributed by atoms with Gasteiger partial charge in [0.1, 0.15) is 5.76 Å². The highest BCUT2D eigenvalue weighted by Gasteiger charge is 2.19. The molecule has 0 radical (unpaired) electrons. The van der Waals surface area contributed by atoms with Crippen LogP contribution in [0.1, 0.15) is 29.4 Å². The number of methoxy groups -OCH3 is 1. The number of esters is 1. The predicted molar refractivity (Wildman–Crippen MR) is 111 cm³/mol. The molecule has 11 heteroatoms. The molecule has 154 valence electrons. The Balaban J connectivity index is 2.38. The number of aromatic nitrogens is 2. The molecule has 6 N–H and O–H groups in total. The zero-order valence-electron chi connectivity index (χ0n) is 16.4. The van der Waals surface area contributed by atoms with Crippen molar-refractivity contribution in [2.45, 2.75) is 30.3 Å². The number of allylic oxidation sites excluding steroid dienone is 1. The third kappa shape index (κ3) is 5.67. The van der Waals surface area contributed by atoms with Crippen molar-refractivity contribution in [1.82, 2.24) is 9.97 Å². The van der Waals surface area contributed by atoms with Gasteiger partial charge in [0.25, 0.3) is 0 Å². The Bertz CT molecular complexity index is 936. The van der Waals surface area contributed by atoms with Crippen LogP contribution in [0.3, 0.4) is 0 Å². The lowest BCUT2D eigenvalue weighted by molar-refractivity contribution is 0.0593. The number of amidine groups is 1. The Hall–Kier alpha value is -3.15. The fraction of sp³-hybridized carbons (Fsp3) is 0.222. The molecule has 0 aliphatic heterocycles. The lowest BCUT2D eigenvalue weighted by Gasteiger charge is -2.19. The summed E-state index contributed by atoms with van der Waals surface area (Å²) in [6.07, 6.45) is 0.515. The standard InChI is InChI=1S/C18H23N7O3S/c1-5-11(3)28-17(19)25(21)15-9-14(16(26)27-4)22-18(23-15)29-12-6-7-13(24-20)10(2)8-12/h6-9,19,24H,3,5,20-21H2,1-2,4H3. The second-order valence-electron chi connectivity index (χ2n) is 5.78. The lowest BCUT2D eigenvalue weighted by Crippen LogP contribution is -2.39. The molecule has 0 saturated carbocycles. The van der Waals surface area contributed by atoms with Crippen molar-refractivity contribution in [3.63, 3.8) is 0 Å². The summed E-state index contributed by atoms with van der Waals surface area (Å²) in [5.41, 5.74) is 4.31. The molecule has 0 amide bonds. The fourth-order valence-electron chi connectivity index (χ4n) is 2.12.